The molecule has 4 amide bonds. The van der Waals surface area contributed by atoms with Crippen LogP contribution in [0.25, 0.3) is 0 Å². The number of amides is 4. The number of benzene rings is 2. The van der Waals surface area contributed by atoms with E-state index in [0.29, 0.717) is 58.5 Å². The highest BCUT2D eigenvalue weighted by atomic mass is 35.5. The summed E-state index contributed by atoms with van der Waals surface area (Å²) in [6.07, 6.45) is 4.70. The van der Waals surface area contributed by atoms with Crippen LogP contribution in [0.4, 0.5) is 5.82 Å². The van der Waals surface area contributed by atoms with Crippen molar-refractivity contribution in [3.63, 3.8) is 0 Å². The zero-order valence-corrected chi connectivity index (χ0v) is 32.9. The van der Waals surface area contributed by atoms with Crippen LogP contribution in [-0.2, 0) is 21.7 Å². The van der Waals surface area contributed by atoms with Crippen LogP contribution in [0.2, 0.25) is 5.02 Å². The number of rotatable bonds is 9. The highest BCUT2D eigenvalue weighted by Crippen LogP contribution is 2.37. The van der Waals surface area contributed by atoms with E-state index in [1.165, 1.54) is 4.90 Å². The number of fused-ring (bicyclic) bond motifs is 1. The Balaban J connectivity index is 0.770. The Morgan fingerprint density at radius 3 is 2.48 bits per heavy atom. The van der Waals surface area contributed by atoms with Gasteiger partial charge in [0.15, 0.2) is 11.5 Å². The van der Waals surface area contributed by atoms with E-state index in [0.717, 1.165) is 64.0 Å². The number of β-amino-alcohol motifs (C(OH)–C–C–N with tert-alkyl or cyclic N) is 1. The van der Waals surface area contributed by atoms with Gasteiger partial charge in [0.2, 0.25) is 11.8 Å². The molecule has 5 heterocycles. The number of carbonyl (C=O) groups excluding carboxylic acids is 4. The molecule has 1 saturated carbocycles. The van der Waals surface area contributed by atoms with E-state index in [1.807, 2.05) is 12.1 Å². The smallest absolute Gasteiger partial charge is 0.272 e. The van der Waals surface area contributed by atoms with Crippen molar-refractivity contribution in [2.45, 2.75) is 94.2 Å². The Morgan fingerprint density at radius 2 is 1.79 bits per heavy atom. The highest BCUT2D eigenvalue weighted by Gasteiger charge is 2.45. The summed E-state index contributed by atoms with van der Waals surface area (Å²) in [6, 6.07) is 15.1. The molecule has 0 spiro atoms. The molecule has 3 atom stereocenters. The minimum absolute atomic E-state index is 0.00646. The highest BCUT2D eigenvalue weighted by molar-refractivity contribution is 6.31. The van der Waals surface area contributed by atoms with Crippen LogP contribution in [0.5, 0.6) is 5.75 Å². The average molecular weight is 811 g/mol. The van der Waals surface area contributed by atoms with Crippen molar-refractivity contribution in [2.75, 3.05) is 37.6 Å². The maximum Gasteiger partial charge on any atom is 0.272 e. The zero-order chi connectivity index (χ0) is 40.6. The largest absolute Gasteiger partial charge is 0.490 e. The number of hydrogen-bond acceptors (Lipinski definition) is 12. The molecule has 304 valence electrons. The second-order valence-corrected chi connectivity index (χ2v) is 16.7. The van der Waals surface area contributed by atoms with Crippen LogP contribution in [0.1, 0.15) is 95.3 Å². The van der Waals surface area contributed by atoms with Crippen LogP contribution in [0, 0.1) is 17.2 Å². The molecule has 3 aromatic rings. The van der Waals surface area contributed by atoms with Crippen LogP contribution in [0.3, 0.4) is 0 Å². The lowest BCUT2D eigenvalue weighted by Gasteiger charge is -2.44. The third-order valence-corrected chi connectivity index (χ3v) is 12.8. The predicted molar refractivity (Wildman–Crippen MR) is 211 cm³/mol. The Labute approximate surface area is 341 Å². The molecule has 2 aromatic carbocycles. The first-order valence-corrected chi connectivity index (χ1v) is 20.5. The number of aromatic nitrogens is 2. The van der Waals surface area contributed by atoms with Gasteiger partial charge in [0, 0.05) is 63.4 Å². The predicted octanol–water partition coefficient (Wildman–Crippen LogP) is 3.05. The maximum absolute atomic E-state index is 13.2. The van der Waals surface area contributed by atoms with Crippen molar-refractivity contribution in [3.8, 4) is 11.8 Å². The quantitative estimate of drug-likeness (QED) is 0.231. The monoisotopic (exact) mass is 810 g/mol. The van der Waals surface area contributed by atoms with Gasteiger partial charge in [-0.3, -0.25) is 24.5 Å². The number of carbonyl (C=O) groups is 4. The molecule has 8 rings (SSSR count). The number of imide groups is 1. The van der Waals surface area contributed by atoms with Gasteiger partial charge in [-0.2, -0.15) is 5.26 Å². The van der Waals surface area contributed by atoms with Crippen molar-refractivity contribution in [1.29, 1.82) is 5.26 Å². The lowest BCUT2D eigenvalue weighted by molar-refractivity contribution is -0.136. The Hall–Kier alpha value is -5.14. The number of halogens is 1. The second-order valence-electron chi connectivity index (χ2n) is 16.2. The number of anilines is 1. The molecule has 1 aliphatic carbocycles. The summed E-state index contributed by atoms with van der Waals surface area (Å²) in [7, 11) is 0. The molecule has 1 aromatic heterocycles. The van der Waals surface area contributed by atoms with Gasteiger partial charge in [0.25, 0.3) is 11.8 Å². The SMILES string of the molecule is N#Cc1ccc(OC2CCC(NC(=O)c3ccc(N4CCC(CN5CC[C@](O)(c6ccc7c(c6)CN(C6CCC(=O)NC6=O)C7=O)[C@@H](O)C5)CC4)nn3)CC2)cc1Cl. The van der Waals surface area contributed by atoms with Crippen molar-refractivity contribution in [3.05, 3.63) is 81.5 Å². The van der Waals surface area contributed by atoms with Crippen LogP contribution < -0.4 is 20.3 Å². The van der Waals surface area contributed by atoms with Crippen LogP contribution >= 0.6 is 11.6 Å². The summed E-state index contributed by atoms with van der Waals surface area (Å²) in [5.41, 5.74) is 0.919. The van der Waals surface area contributed by atoms with Gasteiger partial charge in [-0.05, 0) is 98.7 Å². The molecular weight excluding hydrogens is 764 g/mol. The van der Waals surface area contributed by atoms with Crippen molar-refractivity contribution < 1.29 is 34.1 Å². The number of aliphatic hydroxyl groups is 2. The lowest BCUT2D eigenvalue weighted by atomic mass is 9.80. The first kappa shape index (κ1) is 39.7. The van der Waals surface area contributed by atoms with Gasteiger partial charge in [0.05, 0.1) is 22.8 Å². The first-order chi connectivity index (χ1) is 28.0. The first-order valence-electron chi connectivity index (χ1n) is 20.1. The molecular formula is C42H47ClN8O7. The zero-order valence-electron chi connectivity index (χ0n) is 32.1. The molecule has 5 aliphatic rings. The van der Waals surface area contributed by atoms with Gasteiger partial charge >= 0.3 is 0 Å². The van der Waals surface area contributed by atoms with E-state index in [1.54, 1.807) is 42.5 Å². The van der Waals surface area contributed by atoms with E-state index in [4.69, 9.17) is 21.6 Å². The number of ether oxygens (including phenoxy) is 1. The summed E-state index contributed by atoms with van der Waals surface area (Å²) < 4.78 is 6.07. The van der Waals surface area contributed by atoms with Crippen molar-refractivity contribution >= 4 is 41.0 Å². The summed E-state index contributed by atoms with van der Waals surface area (Å²) >= 11 is 6.14. The van der Waals surface area contributed by atoms with Gasteiger partial charge in [-0.1, -0.05) is 23.7 Å². The maximum atomic E-state index is 13.2. The Kier molecular flexibility index (Phi) is 11.4. The van der Waals surface area contributed by atoms with Gasteiger partial charge in [-0.25, -0.2) is 0 Å². The van der Waals surface area contributed by atoms with E-state index < -0.39 is 23.7 Å². The molecule has 1 unspecified atom stereocenters. The fourth-order valence-electron chi connectivity index (χ4n) is 9.09. The van der Waals surface area contributed by atoms with Gasteiger partial charge in [0.1, 0.15) is 23.5 Å². The number of piperidine rings is 3. The van der Waals surface area contributed by atoms with Crippen molar-refractivity contribution in [1.82, 2.24) is 30.6 Å². The summed E-state index contributed by atoms with van der Waals surface area (Å²) in [4.78, 5) is 56.1. The number of nitrogens with one attached hydrogen (secondary N) is 2. The normalized spacial score (nSPS) is 26.8. The summed E-state index contributed by atoms with van der Waals surface area (Å²) in [6.45, 7) is 3.49. The summed E-state index contributed by atoms with van der Waals surface area (Å²) in [5, 5.41) is 46.6. The molecule has 16 heteroatoms. The standard InChI is InChI=1S/C42H47ClN8O7/c43-33-20-31(5-1-26(33)21-44)58-30-6-3-29(4-7-30)45-39(54)34-9-11-37(48-47-34)50-16-13-25(14-17-50)22-49-18-15-42(57,36(52)24-49)28-2-8-32-27(19-28)23-51(41(32)56)35-10-12-38(53)46-40(35)55/h1-2,5,8-9,11,19-20,25,29-30,35-36,52,57H,3-4,6-7,10,12-18,22-24H2,(H,45,54)(H,46,53,55)/t29?,30?,35?,36-,42-/m0/s1. The molecule has 0 radical (unpaired) electrons. The van der Waals surface area contributed by atoms with Crippen LogP contribution in [-0.4, -0.2) is 111 Å². The molecule has 58 heavy (non-hydrogen) atoms. The second kappa shape index (κ2) is 16.6. The lowest BCUT2D eigenvalue weighted by Crippen LogP contribution is -2.54. The summed E-state index contributed by atoms with van der Waals surface area (Å²) in [5.74, 6) is 0.423. The van der Waals surface area contributed by atoms with Crippen molar-refractivity contribution in [2.24, 2.45) is 5.92 Å². The average Bonchev–Trinajstić information content (AvgIpc) is 3.55. The van der Waals surface area contributed by atoms with E-state index in [9.17, 15) is 29.4 Å². The molecule has 4 aliphatic heterocycles. The fraction of sp³-hybridized carbons (Fsp3) is 0.500. The molecule has 15 nitrogen and oxygen atoms in total. The Morgan fingerprint density at radius 1 is 1.00 bits per heavy atom. The Bertz CT molecular complexity index is 2110. The number of likely N-dealkylation sites (tertiary alicyclic amines) is 1. The third-order valence-electron chi connectivity index (χ3n) is 12.5. The number of aliphatic hydroxyl groups excluding tert-OH is 1. The fourth-order valence-corrected chi connectivity index (χ4v) is 9.30. The molecule has 0 bridgehead atoms. The van der Waals surface area contributed by atoms with Gasteiger partial charge < -0.3 is 35.0 Å². The third kappa shape index (κ3) is 8.24. The topological polar surface area (TPSA) is 201 Å². The van der Waals surface area contributed by atoms with E-state index in [2.05, 4.69) is 30.6 Å². The number of nitriles is 1. The molecule has 4 N–H and O–H groups in total. The minimum Gasteiger partial charge on any atom is -0.490 e. The molecule has 4 fully saturated rings. The van der Waals surface area contributed by atoms with E-state index in [-0.39, 0.29) is 54.9 Å². The van der Waals surface area contributed by atoms with Crippen LogP contribution in [0.15, 0.2) is 48.5 Å². The molecule has 3 saturated heterocycles. The van der Waals surface area contributed by atoms with Gasteiger partial charge in [-0.15, -0.1) is 10.2 Å². The number of nitrogens with zero attached hydrogens (tertiary/aromatic N) is 6. The number of hydrogen-bond donors (Lipinski definition) is 4. The minimum atomic E-state index is -1.47. The van der Waals surface area contributed by atoms with E-state index >= 15 is 0 Å².